The van der Waals surface area contributed by atoms with Gasteiger partial charge in [0.2, 0.25) is 5.91 Å². The van der Waals surface area contributed by atoms with E-state index in [0.29, 0.717) is 12.2 Å². The molecule has 0 aliphatic rings. The van der Waals surface area contributed by atoms with E-state index >= 15 is 0 Å². The lowest BCUT2D eigenvalue weighted by Crippen LogP contribution is -2.41. The van der Waals surface area contributed by atoms with Gasteiger partial charge in [-0.05, 0) is 24.3 Å². The van der Waals surface area contributed by atoms with Crippen LogP contribution in [-0.2, 0) is 9.59 Å². The van der Waals surface area contributed by atoms with Crippen molar-refractivity contribution in [1.29, 1.82) is 0 Å². The van der Waals surface area contributed by atoms with Crippen LogP contribution >= 0.6 is 24.4 Å². The van der Waals surface area contributed by atoms with Crippen LogP contribution in [0.2, 0.25) is 0 Å². The van der Waals surface area contributed by atoms with E-state index in [0.717, 1.165) is 4.90 Å². The van der Waals surface area contributed by atoms with E-state index in [2.05, 4.69) is 17.9 Å². The first kappa shape index (κ1) is 14.9. The zero-order chi connectivity index (χ0) is 13.4. The smallest absolute Gasteiger partial charge is 0.326 e. The summed E-state index contributed by atoms with van der Waals surface area (Å²) in [6.07, 6.45) is 0.320. The van der Waals surface area contributed by atoms with E-state index in [1.807, 2.05) is 30.3 Å². The van der Waals surface area contributed by atoms with E-state index in [-0.39, 0.29) is 11.7 Å². The van der Waals surface area contributed by atoms with Gasteiger partial charge in [-0.2, -0.15) is 12.6 Å². The van der Waals surface area contributed by atoms with Crippen molar-refractivity contribution in [2.24, 2.45) is 0 Å². The monoisotopic (exact) mass is 285 g/mol. The van der Waals surface area contributed by atoms with Crippen molar-refractivity contribution in [3.05, 3.63) is 30.3 Å². The van der Waals surface area contributed by atoms with Crippen molar-refractivity contribution >= 4 is 36.3 Å². The van der Waals surface area contributed by atoms with E-state index in [1.165, 1.54) is 11.8 Å². The highest BCUT2D eigenvalue weighted by atomic mass is 32.2. The molecule has 0 fully saturated rings. The van der Waals surface area contributed by atoms with Crippen molar-refractivity contribution in [1.82, 2.24) is 5.32 Å². The second-order valence-electron chi connectivity index (χ2n) is 3.57. The molecular weight excluding hydrogens is 270 g/mol. The molecule has 0 heterocycles. The van der Waals surface area contributed by atoms with Crippen molar-refractivity contribution < 1.29 is 14.7 Å². The molecule has 0 saturated carbocycles. The van der Waals surface area contributed by atoms with Crippen LogP contribution in [-0.4, -0.2) is 34.5 Å². The average molecular weight is 285 g/mol. The fraction of sp³-hybridized carbons (Fsp3) is 0.333. The molecule has 0 radical (unpaired) electrons. The normalized spacial score (nSPS) is 11.8. The molecule has 0 aliphatic carbocycles. The molecule has 1 aromatic carbocycles. The van der Waals surface area contributed by atoms with Crippen LogP contribution in [0.25, 0.3) is 0 Å². The van der Waals surface area contributed by atoms with Crippen molar-refractivity contribution in [3.8, 4) is 0 Å². The van der Waals surface area contributed by atoms with Crippen LogP contribution in [0.15, 0.2) is 35.2 Å². The van der Waals surface area contributed by atoms with E-state index < -0.39 is 12.0 Å². The topological polar surface area (TPSA) is 66.4 Å². The number of amides is 1. The van der Waals surface area contributed by atoms with E-state index in [9.17, 15) is 9.59 Å². The Kier molecular flexibility index (Phi) is 6.67. The molecule has 18 heavy (non-hydrogen) atoms. The van der Waals surface area contributed by atoms with Gasteiger partial charge in [-0.3, -0.25) is 4.79 Å². The van der Waals surface area contributed by atoms with Crippen molar-refractivity contribution in [2.45, 2.75) is 17.4 Å². The quantitative estimate of drug-likeness (QED) is 0.526. The number of nitrogens with one attached hydrogen (secondary N) is 1. The van der Waals surface area contributed by atoms with Gasteiger partial charge >= 0.3 is 5.97 Å². The summed E-state index contributed by atoms with van der Waals surface area (Å²) in [5, 5.41) is 11.4. The minimum absolute atomic E-state index is 0.209. The Labute approximate surface area is 116 Å². The fourth-order valence-electron chi connectivity index (χ4n) is 1.29. The molecule has 98 valence electrons. The number of thiol groups is 1. The molecule has 0 saturated heterocycles. The van der Waals surface area contributed by atoms with E-state index in [4.69, 9.17) is 5.11 Å². The molecule has 1 atom stereocenters. The van der Waals surface area contributed by atoms with Crippen LogP contribution < -0.4 is 5.32 Å². The zero-order valence-electron chi connectivity index (χ0n) is 9.70. The Hall–Kier alpha value is -1.14. The van der Waals surface area contributed by atoms with Crippen molar-refractivity contribution in [2.75, 3.05) is 11.5 Å². The standard InChI is InChI=1S/C12H15NO3S2/c14-11(13-10(6-7-17)12(15)16)8-18-9-4-2-1-3-5-9/h1-5,10,17H,6-8H2,(H,13,14)(H,15,16). The van der Waals surface area contributed by atoms with Crippen LogP contribution in [0.4, 0.5) is 0 Å². The third-order valence-corrected chi connectivity index (χ3v) is 3.43. The minimum atomic E-state index is -1.03. The average Bonchev–Trinajstić information content (AvgIpc) is 2.37. The maximum absolute atomic E-state index is 11.6. The van der Waals surface area contributed by atoms with Crippen LogP contribution in [0.3, 0.4) is 0 Å². The fourth-order valence-corrected chi connectivity index (χ4v) is 2.28. The number of carboxylic acid groups (broad SMARTS) is 1. The molecule has 0 aromatic heterocycles. The molecule has 2 N–H and O–H groups in total. The number of rotatable bonds is 7. The lowest BCUT2D eigenvalue weighted by atomic mass is 10.2. The van der Waals surface area contributed by atoms with Crippen molar-refractivity contribution in [3.63, 3.8) is 0 Å². The summed E-state index contributed by atoms with van der Waals surface area (Å²) in [7, 11) is 0. The molecule has 0 aliphatic heterocycles. The van der Waals surface area contributed by atoms with Crippen LogP contribution in [0.1, 0.15) is 6.42 Å². The number of carbonyl (C=O) groups is 2. The Bertz CT molecular complexity index is 398. The van der Waals surface area contributed by atoms with Gasteiger partial charge in [-0.1, -0.05) is 18.2 Å². The van der Waals surface area contributed by atoms with Gasteiger partial charge in [-0.15, -0.1) is 11.8 Å². The number of benzene rings is 1. The molecule has 0 bridgehead atoms. The molecule has 1 rings (SSSR count). The Morgan fingerprint density at radius 1 is 1.33 bits per heavy atom. The predicted octanol–water partition coefficient (Wildman–Crippen LogP) is 1.67. The molecule has 1 aromatic rings. The van der Waals surface area contributed by atoms with Crippen LogP contribution in [0, 0.1) is 0 Å². The SMILES string of the molecule is O=C(CSc1ccccc1)NC(CCS)C(=O)O. The van der Waals surface area contributed by atoms with Gasteiger partial charge in [0.1, 0.15) is 6.04 Å². The molecule has 4 nitrogen and oxygen atoms in total. The maximum Gasteiger partial charge on any atom is 0.326 e. The lowest BCUT2D eigenvalue weighted by Gasteiger charge is -2.12. The summed E-state index contributed by atoms with van der Waals surface area (Å²) in [4.78, 5) is 23.4. The summed E-state index contributed by atoms with van der Waals surface area (Å²) in [6, 6.07) is 8.63. The predicted molar refractivity (Wildman–Crippen MR) is 75.2 cm³/mol. The van der Waals surface area contributed by atoms with E-state index in [1.54, 1.807) is 0 Å². The maximum atomic E-state index is 11.6. The first-order valence-corrected chi connectivity index (χ1v) is 7.06. The minimum Gasteiger partial charge on any atom is -0.480 e. The van der Waals surface area contributed by atoms with Crippen LogP contribution in [0.5, 0.6) is 0 Å². The number of thioether (sulfide) groups is 1. The highest BCUT2D eigenvalue weighted by Crippen LogP contribution is 2.16. The molecule has 1 amide bonds. The second-order valence-corrected chi connectivity index (χ2v) is 5.07. The van der Waals surface area contributed by atoms with Gasteiger partial charge in [0.05, 0.1) is 5.75 Å². The van der Waals surface area contributed by atoms with Gasteiger partial charge in [0, 0.05) is 4.90 Å². The van der Waals surface area contributed by atoms with Gasteiger partial charge in [0.15, 0.2) is 0 Å². The highest BCUT2D eigenvalue weighted by Gasteiger charge is 2.18. The lowest BCUT2D eigenvalue weighted by molar-refractivity contribution is -0.141. The molecule has 6 heteroatoms. The highest BCUT2D eigenvalue weighted by molar-refractivity contribution is 8.00. The molecule has 0 spiro atoms. The summed E-state index contributed by atoms with van der Waals surface area (Å²) in [5.41, 5.74) is 0. The Balaban J connectivity index is 2.39. The molecular formula is C12H15NO3S2. The summed E-state index contributed by atoms with van der Waals surface area (Å²) < 4.78 is 0. The van der Waals surface area contributed by atoms with Gasteiger partial charge < -0.3 is 10.4 Å². The zero-order valence-corrected chi connectivity index (χ0v) is 11.4. The first-order chi connectivity index (χ1) is 8.63. The van der Waals surface area contributed by atoms with Gasteiger partial charge in [-0.25, -0.2) is 4.79 Å². The summed E-state index contributed by atoms with van der Waals surface area (Å²) >= 11 is 5.34. The summed E-state index contributed by atoms with van der Waals surface area (Å²) in [6.45, 7) is 0. The Morgan fingerprint density at radius 3 is 2.56 bits per heavy atom. The number of carbonyl (C=O) groups excluding carboxylic acids is 1. The number of hydrogen-bond donors (Lipinski definition) is 3. The third kappa shape index (κ3) is 5.46. The Morgan fingerprint density at radius 2 is 2.00 bits per heavy atom. The number of carboxylic acids is 1. The largest absolute Gasteiger partial charge is 0.480 e. The second kappa shape index (κ2) is 8.05. The molecule has 1 unspecified atom stereocenters. The number of hydrogen-bond acceptors (Lipinski definition) is 4. The van der Waals surface area contributed by atoms with Gasteiger partial charge in [0.25, 0.3) is 0 Å². The summed E-state index contributed by atoms with van der Waals surface area (Å²) in [5.74, 6) is -0.677. The first-order valence-electron chi connectivity index (χ1n) is 5.44. The number of aliphatic carboxylic acids is 1. The third-order valence-electron chi connectivity index (χ3n) is 2.16.